The zero-order valence-corrected chi connectivity index (χ0v) is 9.59. The van der Waals surface area contributed by atoms with E-state index in [1.54, 1.807) is 0 Å². The average Bonchev–Trinajstić information content (AvgIpc) is 2.11. The number of ether oxygens (including phenoxy) is 1. The third kappa shape index (κ3) is 4.89. The normalized spacial score (nSPS) is 26.3. The lowest BCUT2D eigenvalue weighted by molar-refractivity contribution is 0.0453. The van der Waals surface area contributed by atoms with Crippen LogP contribution in [0.4, 0.5) is 0 Å². The van der Waals surface area contributed by atoms with Gasteiger partial charge in [-0.25, -0.2) is 4.72 Å². The number of aliphatic hydroxyl groups excluding tert-OH is 1. The van der Waals surface area contributed by atoms with Crippen LogP contribution >= 0.6 is 0 Å². The minimum Gasteiger partial charge on any atom is -0.393 e. The van der Waals surface area contributed by atoms with Gasteiger partial charge in [0.15, 0.2) is 0 Å². The van der Waals surface area contributed by atoms with Crippen molar-refractivity contribution in [1.29, 1.82) is 0 Å². The summed E-state index contributed by atoms with van der Waals surface area (Å²) in [6.07, 6.45) is 1.11. The Bertz CT molecular complexity index is 274. The predicted molar refractivity (Wildman–Crippen MR) is 55.5 cm³/mol. The molecule has 0 radical (unpaired) electrons. The highest BCUT2D eigenvalue weighted by molar-refractivity contribution is 7.87. The number of methoxy groups -OCH3 is 1. The van der Waals surface area contributed by atoms with E-state index in [-0.39, 0.29) is 18.6 Å². The van der Waals surface area contributed by atoms with E-state index < -0.39 is 10.2 Å². The fraction of sp³-hybridized carbons (Fsp3) is 1.00. The average molecular weight is 238 g/mol. The quantitative estimate of drug-likeness (QED) is 0.488. The van der Waals surface area contributed by atoms with Gasteiger partial charge < -0.3 is 9.84 Å². The summed E-state index contributed by atoms with van der Waals surface area (Å²) in [5.41, 5.74) is 0. The largest absolute Gasteiger partial charge is 0.393 e. The van der Waals surface area contributed by atoms with Crippen molar-refractivity contribution in [1.82, 2.24) is 9.44 Å². The minimum atomic E-state index is -3.40. The van der Waals surface area contributed by atoms with Gasteiger partial charge in [0.25, 0.3) is 10.2 Å². The molecule has 0 spiro atoms. The molecule has 0 unspecified atom stereocenters. The lowest BCUT2D eigenvalue weighted by Crippen LogP contribution is -2.43. The molecular weight excluding hydrogens is 220 g/mol. The first kappa shape index (κ1) is 12.9. The molecule has 3 N–H and O–H groups in total. The molecule has 1 rings (SSSR count). The van der Waals surface area contributed by atoms with Crippen LogP contribution < -0.4 is 9.44 Å². The van der Waals surface area contributed by atoms with Crippen molar-refractivity contribution in [3.05, 3.63) is 0 Å². The topological polar surface area (TPSA) is 87.7 Å². The van der Waals surface area contributed by atoms with Crippen LogP contribution in [0.15, 0.2) is 0 Å². The molecule has 0 amide bonds. The highest BCUT2D eigenvalue weighted by atomic mass is 32.2. The molecule has 0 aromatic rings. The van der Waals surface area contributed by atoms with Crippen molar-refractivity contribution in [3.8, 4) is 0 Å². The van der Waals surface area contributed by atoms with E-state index in [9.17, 15) is 8.42 Å². The SMILES string of the molecule is COCCNS(=O)(=O)NCC1CC(O)C1. The fourth-order valence-corrected chi connectivity index (χ4v) is 2.33. The van der Waals surface area contributed by atoms with E-state index in [0.717, 1.165) is 0 Å². The van der Waals surface area contributed by atoms with Gasteiger partial charge in [-0.15, -0.1) is 0 Å². The summed E-state index contributed by atoms with van der Waals surface area (Å²) in [6, 6.07) is 0. The molecule has 0 aromatic heterocycles. The molecule has 0 bridgehead atoms. The highest BCUT2D eigenvalue weighted by Gasteiger charge is 2.27. The van der Waals surface area contributed by atoms with E-state index in [0.29, 0.717) is 26.0 Å². The van der Waals surface area contributed by atoms with Crippen molar-refractivity contribution < 1.29 is 18.3 Å². The summed E-state index contributed by atoms with van der Waals surface area (Å²) in [7, 11) is -1.89. The molecule has 7 heteroatoms. The first-order chi connectivity index (χ1) is 7.03. The summed E-state index contributed by atoms with van der Waals surface area (Å²) in [6.45, 7) is 1.00. The third-order valence-electron chi connectivity index (χ3n) is 2.37. The van der Waals surface area contributed by atoms with Crippen LogP contribution in [0.1, 0.15) is 12.8 Å². The molecule has 0 aliphatic heterocycles. The first-order valence-corrected chi connectivity index (χ1v) is 6.43. The second-order valence-corrected chi connectivity index (χ2v) is 5.31. The standard InChI is InChI=1S/C8H18N2O4S/c1-14-3-2-9-15(12,13)10-6-7-4-8(11)5-7/h7-11H,2-6H2,1H3. The molecule has 1 saturated carbocycles. The molecular formula is C8H18N2O4S. The molecule has 1 aliphatic rings. The Balaban J connectivity index is 2.13. The van der Waals surface area contributed by atoms with Gasteiger partial charge in [0.2, 0.25) is 0 Å². The Kier molecular flexibility index (Phi) is 4.94. The lowest BCUT2D eigenvalue weighted by Gasteiger charge is -2.31. The number of aliphatic hydroxyl groups is 1. The van der Waals surface area contributed by atoms with Crippen LogP contribution in [-0.2, 0) is 14.9 Å². The van der Waals surface area contributed by atoms with Crippen LogP contribution in [0.5, 0.6) is 0 Å². The van der Waals surface area contributed by atoms with Crippen molar-refractivity contribution in [2.45, 2.75) is 18.9 Å². The van der Waals surface area contributed by atoms with Gasteiger partial charge in [-0.2, -0.15) is 13.1 Å². The Labute approximate surface area is 90.2 Å². The van der Waals surface area contributed by atoms with E-state index in [2.05, 4.69) is 9.44 Å². The van der Waals surface area contributed by atoms with E-state index in [1.165, 1.54) is 7.11 Å². The third-order valence-corrected chi connectivity index (χ3v) is 3.50. The zero-order valence-electron chi connectivity index (χ0n) is 8.77. The Morgan fingerprint density at radius 2 is 2.07 bits per heavy atom. The number of hydrogen-bond donors (Lipinski definition) is 3. The Morgan fingerprint density at radius 3 is 2.60 bits per heavy atom. The van der Waals surface area contributed by atoms with Crippen molar-refractivity contribution in [2.24, 2.45) is 5.92 Å². The van der Waals surface area contributed by atoms with Crippen molar-refractivity contribution in [3.63, 3.8) is 0 Å². The summed E-state index contributed by atoms with van der Waals surface area (Å²) in [5, 5.41) is 9.01. The van der Waals surface area contributed by atoms with E-state index >= 15 is 0 Å². The molecule has 90 valence electrons. The van der Waals surface area contributed by atoms with Gasteiger partial charge in [0.1, 0.15) is 0 Å². The maximum absolute atomic E-state index is 11.3. The molecule has 0 aromatic carbocycles. The summed E-state index contributed by atoms with van der Waals surface area (Å²) >= 11 is 0. The van der Waals surface area contributed by atoms with Crippen LogP contribution in [0.2, 0.25) is 0 Å². The highest BCUT2D eigenvalue weighted by Crippen LogP contribution is 2.26. The first-order valence-electron chi connectivity index (χ1n) is 4.95. The van der Waals surface area contributed by atoms with Crippen LogP contribution in [0.3, 0.4) is 0 Å². The second-order valence-electron chi connectivity index (χ2n) is 3.73. The van der Waals surface area contributed by atoms with Gasteiger partial charge in [0, 0.05) is 20.2 Å². The van der Waals surface area contributed by atoms with Gasteiger partial charge in [-0.05, 0) is 18.8 Å². The van der Waals surface area contributed by atoms with Crippen LogP contribution in [-0.4, -0.2) is 46.4 Å². The Morgan fingerprint density at radius 1 is 1.40 bits per heavy atom. The smallest absolute Gasteiger partial charge is 0.276 e. The van der Waals surface area contributed by atoms with Gasteiger partial charge in [0.05, 0.1) is 12.7 Å². The molecule has 1 aliphatic carbocycles. The maximum Gasteiger partial charge on any atom is 0.276 e. The molecule has 15 heavy (non-hydrogen) atoms. The number of rotatable bonds is 7. The van der Waals surface area contributed by atoms with E-state index in [4.69, 9.17) is 9.84 Å². The number of nitrogens with one attached hydrogen (secondary N) is 2. The fourth-order valence-electron chi connectivity index (χ4n) is 1.42. The molecule has 0 atom stereocenters. The second kappa shape index (κ2) is 5.76. The molecule has 6 nitrogen and oxygen atoms in total. The zero-order chi connectivity index (χ0) is 11.3. The summed E-state index contributed by atoms with van der Waals surface area (Å²) in [5.74, 6) is 0.263. The minimum absolute atomic E-state index is 0.249. The summed E-state index contributed by atoms with van der Waals surface area (Å²) < 4.78 is 32.1. The molecule has 0 heterocycles. The lowest BCUT2D eigenvalue weighted by atomic mass is 9.83. The summed E-state index contributed by atoms with van der Waals surface area (Å²) in [4.78, 5) is 0. The predicted octanol–water partition coefficient (Wildman–Crippen LogP) is -1.17. The van der Waals surface area contributed by atoms with Crippen molar-refractivity contribution >= 4 is 10.2 Å². The van der Waals surface area contributed by atoms with Gasteiger partial charge in [-0.1, -0.05) is 0 Å². The molecule has 0 saturated heterocycles. The maximum atomic E-state index is 11.3. The van der Waals surface area contributed by atoms with Crippen molar-refractivity contribution in [2.75, 3.05) is 26.8 Å². The van der Waals surface area contributed by atoms with E-state index in [1.807, 2.05) is 0 Å². The Hall–Kier alpha value is -0.210. The number of hydrogen-bond acceptors (Lipinski definition) is 4. The monoisotopic (exact) mass is 238 g/mol. The van der Waals surface area contributed by atoms with Crippen LogP contribution in [0, 0.1) is 5.92 Å². The van der Waals surface area contributed by atoms with Gasteiger partial charge in [-0.3, -0.25) is 0 Å². The van der Waals surface area contributed by atoms with Crippen LogP contribution in [0.25, 0.3) is 0 Å². The van der Waals surface area contributed by atoms with Gasteiger partial charge >= 0.3 is 0 Å². The molecule has 1 fully saturated rings.